The van der Waals surface area contributed by atoms with E-state index in [1.807, 2.05) is 30.3 Å². The monoisotopic (exact) mass is 400 g/mol. The molecule has 1 N–H and O–H groups in total. The predicted octanol–water partition coefficient (Wildman–Crippen LogP) is 3.48. The number of piperazine rings is 1. The topological polar surface area (TPSA) is 45.2 Å². The van der Waals surface area contributed by atoms with Gasteiger partial charge in [-0.15, -0.1) is 0 Å². The Kier molecular flexibility index (Phi) is 5.65. The minimum absolute atomic E-state index is 0.0397. The summed E-state index contributed by atoms with van der Waals surface area (Å²) in [5.74, 6) is 1.22. The molecule has 5 nitrogen and oxygen atoms in total. The van der Waals surface area contributed by atoms with Crippen molar-refractivity contribution < 1.29 is 19.0 Å². The summed E-state index contributed by atoms with van der Waals surface area (Å²) < 4.78 is 24.9. The fourth-order valence-corrected chi connectivity index (χ4v) is 3.74. The molecule has 2 aromatic carbocycles. The van der Waals surface area contributed by atoms with Gasteiger partial charge in [0, 0.05) is 43.8 Å². The third-order valence-corrected chi connectivity index (χ3v) is 5.58. The van der Waals surface area contributed by atoms with Crippen LogP contribution in [0, 0.1) is 11.2 Å². The maximum absolute atomic E-state index is 13.1. The molecular formula is C23H29FN2O3. The number of β-amino-alcohol motifs (C(OH)–C–C–N with tert-alkyl or cyclic N) is 1. The molecule has 0 saturated carbocycles. The van der Waals surface area contributed by atoms with Gasteiger partial charge in [0.2, 0.25) is 0 Å². The van der Waals surface area contributed by atoms with E-state index in [9.17, 15) is 9.50 Å². The number of aliphatic hydroxyl groups is 1. The number of halogens is 1. The summed E-state index contributed by atoms with van der Waals surface area (Å²) in [6.07, 6.45) is -0.586. The molecular weight excluding hydrogens is 371 g/mol. The van der Waals surface area contributed by atoms with Gasteiger partial charge in [0.05, 0.1) is 19.3 Å². The van der Waals surface area contributed by atoms with E-state index >= 15 is 0 Å². The first-order valence-corrected chi connectivity index (χ1v) is 10.2. The van der Waals surface area contributed by atoms with Crippen molar-refractivity contribution in [3.05, 3.63) is 53.8 Å². The van der Waals surface area contributed by atoms with Gasteiger partial charge in [0.25, 0.3) is 0 Å². The van der Waals surface area contributed by atoms with Crippen molar-refractivity contribution in [3.63, 3.8) is 0 Å². The zero-order chi connectivity index (χ0) is 20.4. The number of rotatable bonds is 4. The van der Waals surface area contributed by atoms with Gasteiger partial charge in [-0.2, -0.15) is 0 Å². The summed E-state index contributed by atoms with van der Waals surface area (Å²) in [6, 6.07) is 12.3. The van der Waals surface area contributed by atoms with Crippen LogP contribution in [0.2, 0.25) is 0 Å². The lowest BCUT2D eigenvalue weighted by atomic mass is 9.97. The highest BCUT2D eigenvalue weighted by atomic mass is 19.1. The summed E-state index contributed by atoms with van der Waals surface area (Å²) in [5, 5.41) is 10.8. The zero-order valence-corrected chi connectivity index (χ0v) is 17.1. The van der Waals surface area contributed by atoms with E-state index in [2.05, 4.69) is 23.6 Å². The number of benzene rings is 2. The van der Waals surface area contributed by atoms with Crippen molar-refractivity contribution in [2.45, 2.75) is 20.0 Å². The van der Waals surface area contributed by atoms with Crippen molar-refractivity contribution >= 4 is 5.69 Å². The van der Waals surface area contributed by atoms with Gasteiger partial charge in [-0.1, -0.05) is 19.9 Å². The van der Waals surface area contributed by atoms with Crippen LogP contribution in [0.15, 0.2) is 42.5 Å². The van der Waals surface area contributed by atoms with Crippen LogP contribution in [0.25, 0.3) is 0 Å². The Morgan fingerprint density at radius 2 is 1.62 bits per heavy atom. The SMILES string of the molecule is CC1(C)COc2ccc(C(O)CN3CCN(c4ccc(F)cc4)CC3)cc2OC1. The molecule has 1 atom stereocenters. The Labute approximate surface area is 171 Å². The van der Waals surface area contributed by atoms with E-state index in [4.69, 9.17) is 9.47 Å². The third kappa shape index (κ3) is 4.82. The van der Waals surface area contributed by atoms with Crippen molar-refractivity contribution in [1.82, 2.24) is 4.90 Å². The summed E-state index contributed by atoms with van der Waals surface area (Å²) in [5.41, 5.74) is 1.84. The second-order valence-electron chi connectivity index (χ2n) is 8.73. The van der Waals surface area contributed by atoms with E-state index in [1.54, 1.807) is 0 Å². The van der Waals surface area contributed by atoms with Crippen LogP contribution in [0.1, 0.15) is 25.5 Å². The Morgan fingerprint density at radius 3 is 2.31 bits per heavy atom. The van der Waals surface area contributed by atoms with Crippen molar-refractivity contribution in [2.24, 2.45) is 5.41 Å². The first kappa shape index (κ1) is 20.0. The van der Waals surface area contributed by atoms with Gasteiger partial charge < -0.3 is 19.5 Å². The first-order valence-electron chi connectivity index (χ1n) is 10.2. The molecule has 0 bridgehead atoms. The largest absolute Gasteiger partial charge is 0.489 e. The molecule has 2 aromatic rings. The normalized spacial score (nSPS) is 20.2. The van der Waals surface area contributed by atoms with E-state index < -0.39 is 6.10 Å². The molecule has 0 radical (unpaired) electrons. The fraction of sp³-hybridized carbons (Fsp3) is 0.478. The van der Waals surface area contributed by atoms with Crippen molar-refractivity contribution in [1.29, 1.82) is 0 Å². The van der Waals surface area contributed by atoms with Crippen LogP contribution < -0.4 is 14.4 Å². The predicted molar refractivity (Wildman–Crippen MR) is 111 cm³/mol. The Bertz CT molecular complexity index is 833. The second-order valence-corrected chi connectivity index (χ2v) is 8.73. The standard InChI is InChI=1S/C23H29FN2O3/c1-23(2)15-28-21-8-3-17(13-22(21)29-16-23)20(27)14-25-9-11-26(12-10-25)19-6-4-18(24)5-7-19/h3-8,13,20,27H,9-12,14-16H2,1-2H3. The van der Waals surface area contributed by atoms with Crippen LogP contribution in [0.3, 0.4) is 0 Å². The molecule has 2 aliphatic rings. The highest BCUT2D eigenvalue weighted by Crippen LogP contribution is 2.35. The van der Waals surface area contributed by atoms with Gasteiger partial charge in [-0.25, -0.2) is 4.39 Å². The second kappa shape index (κ2) is 8.20. The number of hydrogen-bond donors (Lipinski definition) is 1. The van der Waals surface area contributed by atoms with Gasteiger partial charge in [0.1, 0.15) is 5.82 Å². The van der Waals surface area contributed by atoms with Crippen LogP contribution in [-0.2, 0) is 0 Å². The van der Waals surface area contributed by atoms with Crippen molar-refractivity contribution in [2.75, 3.05) is 50.8 Å². The van der Waals surface area contributed by atoms with Crippen molar-refractivity contribution in [3.8, 4) is 11.5 Å². The maximum atomic E-state index is 13.1. The number of nitrogens with zero attached hydrogens (tertiary/aromatic N) is 2. The molecule has 0 aliphatic carbocycles. The van der Waals surface area contributed by atoms with Gasteiger partial charge in [0.15, 0.2) is 11.5 Å². The van der Waals surface area contributed by atoms with Gasteiger partial charge in [-0.05, 0) is 42.0 Å². The molecule has 0 spiro atoms. The Balaban J connectivity index is 1.34. The summed E-state index contributed by atoms with van der Waals surface area (Å²) >= 11 is 0. The molecule has 1 unspecified atom stereocenters. The quantitative estimate of drug-likeness (QED) is 0.851. The lowest BCUT2D eigenvalue weighted by Crippen LogP contribution is -2.47. The van der Waals surface area contributed by atoms with Gasteiger partial charge in [-0.3, -0.25) is 4.90 Å². The average Bonchev–Trinajstić information content (AvgIpc) is 2.87. The molecule has 0 amide bonds. The highest BCUT2D eigenvalue weighted by Gasteiger charge is 2.26. The molecule has 0 aromatic heterocycles. The minimum Gasteiger partial charge on any atom is -0.489 e. The summed E-state index contributed by atoms with van der Waals surface area (Å²) in [7, 11) is 0. The molecule has 29 heavy (non-hydrogen) atoms. The van der Waals surface area contributed by atoms with E-state index in [1.165, 1.54) is 12.1 Å². The van der Waals surface area contributed by atoms with E-state index in [0.29, 0.717) is 25.5 Å². The van der Waals surface area contributed by atoms with Crippen LogP contribution in [0.4, 0.5) is 10.1 Å². The molecule has 4 rings (SSSR count). The number of hydrogen-bond acceptors (Lipinski definition) is 5. The lowest BCUT2D eigenvalue weighted by Gasteiger charge is -2.37. The zero-order valence-electron chi connectivity index (χ0n) is 17.1. The first-order chi connectivity index (χ1) is 13.9. The number of anilines is 1. The number of fused-ring (bicyclic) bond motifs is 1. The lowest BCUT2D eigenvalue weighted by molar-refractivity contribution is 0.109. The molecule has 1 fully saturated rings. The molecule has 2 heterocycles. The highest BCUT2D eigenvalue weighted by molar-refractivity contribution is 5.47. The van der Waals surface area contributed by atoms with Gasteiger partial charge >= 0.3 is 0 Å². The molecule has 6 heteroatoms. The minimum atomic E-state index is -0.586. The number of ether oxygens (including phenoxy) is 2. The summed E-state index contributed by atoms with van der Waals surface area (Å²) in [6.45, 7) is 9.41. The number of aliphatic hydroxyl groups excluding tert-OH is 1. The maximum Gasteiger partial charge on any atom is 0.161 e. The van der Waals surface area contributed by atoms with Crippen LogP contribution in [-0.4, -0.2) is 55.9 Å². The fourth-order valence-electron chi connectivity index (χ4n) is 3.74. The van der Waals surface area contributed by atoms with E-state index in [-0.39, 0.29) is 11.2 Å². The van der Waals surface area contributed by atoms with Crippen LogP contribution in [0.5, 0.6) is 11.5 Å². The smallest absolute Gasteiger partial charge is 0.161 e. The Morgan fingerprint density at radius 1 is 0.966 bits per heavy atom. The average molecular weight is 400 g/mol. The molecule has 156 valence electrons. The van der Waals surface area contributed by atoms with E-state index in [0.717, 1.165) is 43.2 Å². The van der Waals surface area contributed by atoms with Crippen LogP contribution >= 0.6 is 0 Å². The molecule has 1 saturated heterocycles. The third-order valence-electron chi connectivity index (χ3n) is 5.58. The summed E-state index contributed by atoms with van der Waals surface area (Å²) in [4.78, 5) is 4.51. The molecule has 2 aliphatic heterocycles. The Hall–Kier alpha value is -2.31.